The van der Waals surface area contributed by atoms with Crippen molar-refractivity contribution in [3.05, 3.63) is 52.3 Å². The summed E-state index contributed by atoms with van der Waals surface area (Å²) in [4.78, 5) is 4.00. The molecule has 0 fully saturated rings. The summed E-state index contributed by atoms with van der Waals surface area (Å²) >= 11 is 11.9. The summed E-state index contributed by atoms with van der Waals surface area (Å²) in [5.74, 6) is 0. The number of rotatable bonds is 2. The Morgan fingerprint density at radius 1 is 1.18 bits per heavy atom. The molecule has 1 N–H and O–H groups in total. The Morgan fingerprint density at radius 2 is 1.94 bits per heavy atom. The molecular weight excluding hydrogens is 259 g/mol. The van der Waals surface area contributed by atoms with Crippen LogP contribution in [0.1, 0.15) is 5.56 Å². The molecule has 2 aromatic rings. The van der Waals surface area contributed by atoms with Crippen LogP contribution in [-0.4, -0.2) is 16.4 Å². The van der Waals surface area contributed by atoms with Gasteiger partial charge in [0.05, 0.1) is 6.21 Å². The first-order valence-electron chi connectivity index (χ1n) is 4.80. The molecule has 0 aliphatic heterocycles. The van der Waals surface area contributed by atoms with Crippen LogP contribution in [0.3, 0.4) is 0 Å². The number of hydrogen-bond acceptors (Lipinski definition) is 3. The molecule has 0 unspecified atom stereocenters. The van der Waals surface area contributed by atoms with Crippen LogP contribution < -0.4 is 0 Å². The third kappa shape index (κ3) is 2.57. The fourth-order valence-electron chi connectivity index (χ4n) is 1.52. The van der Waals surface area contributed by atoms with Gasteiger partial charge in [-0.25, -0.2) is 4.98 Å². The Kier molecular flexibility index (Phi) is 3.61. The van der Waals surface area contributed by atoms with Crippen molar-refractivity contribution in [2.45, 2.75) is 0 Å². The molecule has 0 aliphatic rings. The van der Waals surface area contributed by atoms with E-state index in [2.05, 4.69) is 10.1 Å². The van der Waals surface area contributed by atoms with Crippen LogP contribution in [0.5, 0.6) is 0 Å². The van der Waals surface area contributed by atoms with Crippen LogP contribution >= 0.6 is 23.2 Å². The molecule has 0 saturated carbocycles. The molecule has 0 bridgehead atoms. The van der Waals surface area contributed by atoms with Crippen LogP contribution in [0, 0.1) is 0 Å². The number of aromatic nitrogens is 1. The predicted octanol–water partition coefficient (Wildman–Crippen LogP) is 3.86. The first-order chi connectivity index (χ1) is 8.22. The van der Waals surface area contributed by atoms with Gasteiger partial charge in [0.2, 0.25) is 0 Å². The monoisotopic (exact) mass is 266 g/mol. The molecule has 0 amide bonds. The molecule has 0 atom stereocenters. The van der Waals surface area contributed by atoms with E-state index in [0.29, 0.717) is 15.7 Å². The van der Waals surface area contributed by atoms with Crippen LogP contribution in [0.25, 0.3) is 11.1 Å². The second-order valence-electron chi connectivity index (χ2n) is 3.32. The molecule has 3 nitrogen and oxygen atoms in total. The molecule has 86 valence electrons. The van der Waals surface area contributed by atoms with E-state index in [4.69, 9.17) is 28.4 Å². The molecule has 0 aliphatic carbocycles. The van der Waals surface area contributed by atoms with E-state index in [-0.39, 0.29) is 0 Å². The van der Waals surface area contributed by atoms with E-state index >= 15 is 0 Å². The molecule has 2 rings (SSSR count). The van der Waals surface area contributed by atoms with Crippen molar-refractivity contribution in [3.63, 3.8) is 0 Å². The zero-order valence-electron chi connectivity index (χ0n) is 8.64. The average molecular weight is 267 g/mol. The Morgan fingerprint density at radius 3 is 2.65 bits per heavy atom. The Hall–Kier alpha value is -1.58. The first-order valence-corrected chi connectivity index (χ1v) is 5.56. The van der Waals surface area contributed by atoms with Gasteiger partial charge in [-0.2, -0.15) is 0 Å². The fraction of sp³-hybridized carbons (Fsp3) is 0. The van der Waals surface area contributed by atoms with Gasteiger partial charge in [-0.3, -0.25) is 0 Å². The fourth-order valence-corrected chi connectivity index (χ4v) is 1.92. The van der Waals surface area contributed by atoms with Crippen LogP contribution in [0.2, 0.25) is 10.2 Å². The maximum absolute atomic E-state index is 8.62. The molecule has 17 heavy (non-hydrogen) atoms. The minimum Gasteiger partial charge on any atom is -0.411 e. The molecule has 0 spiro atoms. The number of halogens is 2. The first kappa shape index (κ1) is 11.9. The Labute approximate surface area is 108 Å². The SMILES string of the molecule is O/N=C/c1cc(Cl)ncc1-c1ccccc1Cl. The van der Waals surface area contributed by atoms with Crippen molar-refractivity contribution in [1.82, 2.24) is 4.98 Å². The molecule has 1 heterocycles. The van der Waals surface area contributed by atoms with Crippen molar-refractivity contribution in [3.8, 4) is 11.1 Å². The highest BCUT2D eigenvalue weighted by Gasteiger charge is 2.08. The van der Waals surface area contributed by atoms with Crippen molar-refractivity contribution in [2.75, 3.05) is 0 Å². The van der Waals surface area contributed by atoms with E-state index in [0.717, 1.165) is 11.1 Å². The quantitative estimate of drug-likeness (QED) is 0.388. The van der Waals surface area contributed by atoms with Gasteiger partial charge in [0.15, 0.2) is 0 Å². The average Bonchev–Trinajstić information content (AvgIpc) is 2.31. The molecule has 5 heteroatoms. The van der Waals surface area contributed by atoms with E-state index < -0.39 is 0 Å². The van der Waals surface area contributed by atoms with Gasteiger partial charge >= 0.3 is 0 Å². The molecule has 1 aromatic carbocycles. The summed E-state index contributed by atoms with van der Waals surface area (Å²) in [5, 5.41) is 12.6. The lowest BCUT2D eigenvalue weighted by Crippen LogP contribution is -1.91. The standard InChI is InChI=1S/C12H8Cl2N2O/c13-11-4-2-1-3-9(11)10-7-15-12(14)5-8(10)6-16-17/h1-7,17H/b16-6+. The normalized spacial score (nSPS) is 10.9. The lowest BCUT2D eigenvalue weighted by molar-refractivity contribution is 0.322. The van der Waals surface area contributed by atoms with Gasteiger partial charge in [0, 0.05) is 27.9 Å². The summed E-state index contributed by atoms with van der Waals surface area (Å²) in [7, 11) is 0. The number of oxime groups is 1. The van der Waals surface area contributed by atoms with Gasteiger partial charge in [-0.1, -0.05) is 46.6 Å². The predicted molar refractivity (Wildman–Crippen MR) is 69.1 cm³/mol. The summed E-state index contributed by atoms with van der Waals surface area (Å²) in [6, 6.07) is 8.97. The minimum absolute atomic E-state index is 0.329. The zero-order chi connectivity index (χ0) is 12.3. The highest BCUT2D eigenvalue weighted by atomic mass is 35.5. The lowest BCUT2D eigenvalue weighted by Gasteiger charge is -2.07. The third-order valence-corrected chi connectivity index (χ3v) is 2.80. The number of nitrogens with zero attached hydrogens (tertiary/aromatic N) is 2. The Balaban J connectivity index is 2.63. The Bertz CT molecular complexity index is 570. The summed E-state index contributed by atoms with van der Waals surface area (Å²) in [5.41, 5.74) is 2.23. The van der Waals surface area contributed by atoms with Crippen LogP contribution in [0.4, 0.5) is 0 Å². The maximum atomic E-state index is 8.62. The van der Waals surface area contributed by atoms with Crippen molar-refractivity contribution in [1.29, 1.82) is 0 Å². The summed E-state index contributed by atoms with van der Waals surface area (Å²) in [6.07, 6.45) is 2.90. The summed E-state index contributed by atoms with van der Waals surface area (Å²) in [6.45, 7) is 0. The van der Waals surface area contributed by atoms with Gasteiger partial charge < -0.3 is 5.21 Å². The second-order valence-corrected chi connectivity index (χ2v) is 4.11. The number of hydrogen-bond donors (Lipinski definition) is 1. The second kappa shape index (κ2) is 5.17. The molecule has 0 radical (unpaired) electrons. The van der Waals surface area contributed by atoms with Crippen molar-refractivity contribution >= 4 is 29.4 Å². The minimum atomic E-state index is 0.329. The number of benzene rings is 1. The number of pyridine rings is 1. The van der Waals surface area contributed by atoms with E-state index in [1.807, 2.05) is 18.2 Å². The van der Waals surface area contributed by atoms with Gasteiger partial charge in [0.1, 0.15) is 5.15 Å². The smallest absolute Gasteiger partial charge is 0.129 e. The van der Waals surface area contributed by atoms with Crippen molar-refractivity contribution < 1.29 is 5.21 Å². The van der Waals surface area contributed by atoms with E-state index in [1.165, 1.54) is 6.21 Å². The maximum Gasteiger partial charge on any atom is 0.129 e. The highest BCUT2D eigenvalue weighted by Crippen LogP contribution is 2.30. The van der Waals surface area contributed by atoms with Crippen LogP contribution in [-0.2, 0) is 0 Å². The van der Waals surface area contributed by atoms with Gasteiger partial charge in [-0.15, -0.1) is 0 Å². The molecule has 0 saturated heterocycles. The molecular formula is C12H8Cl2N2O. The third-order valence-electron chi connectivity index (χ3n) is 2.26. The molecule has 1 aromatic heterocycles. The highest BCUT2D eigenvalue weighted by molar-refractivity contribution is 6.33. The van der Waals surface area contributed by atoms with E-state index in [9.17, 15) is 0 Å². The van der Waals surface area contributed by atoms with Gasteiger partial charge in [0.25, 0.3) is 0 Å². The van der Waals surface area contributed by atoms with E-state index in [1.54, 1.807) is 18.3 Å². The van der Waals surface area contributed by atoms with Crippen LogP contribution in [0.15, 0.2) is 41.7 Å². The van der Waals surface area contributed by atoms with Crippen molar-refractivity contribution in [2.24, 2.45) is 5.16 Å². The lowest BCUT2D eigenvalue weighted by atomic mass is 10.0. The van der Waals surface area contributed by atoms with Gasteiger partial charge in [-0.05, 0) is 12.1 Å². The topological polar surface area (TPSA) is 45.5 Å². The largest absolute Gasteiger partial charge is 0.411 e. The summed E-state index contributed by atoms with van der Waals surface area (Å²) < 4.78 is 0. The zero-order valence-corrected chi connectivity index (χ0v) is 10.2.